The fraction of sp³-hybridized carbons (Fsp3) is 0.368. The molecule has 2 aromatic rings. The molecule has 112 valence electrons. The molecular weight excluding hydrogens is 258 g/mol. The minimum Gasteiger partial charge on any atom is -0.457 e. The molecule has 0 aliphatic heterocycles. The average Bonchev–Trinajstić information content (AvgIpc) is 2.42. The molecule has 2 rings (SSSR count). The molecule has 2 nitrogen and oxygen atoms in total. The third-order valence-corrected chi connectivity index (χ3v) is 3.78. The lowest BCUT2D eigenvalue weighted by Crippen LogP contribution is -2.37. The van der Waals surface area contributed by atoms with Gasteiger partial charge in [0, 0.05) is 12.1 Å². The zero-order chi connectivity index (χ0) is 15.5. The molecular formula is C19H25NO. The molecule has 0 saturated carbocycles. The molecule has 0 amide bonds. The summed E-state index contributed by atoms with van der Waals surface area (Å²) in [5.41, 5.74) is 2.65. The summed E-state index contributed by atoms with van der Waals surface area (Å²) in [6, 6.07) is 16.3. The van der Waals surface area contributed by atoms with Gasteiger partial charge in [-0.1, -0.05) is 30.3 Å². The second-order valence-electron chi connectivity index (χ2n) is 6.54. The van der Waals surface area contributed by atoms with Crippen molar-refractivity contribution in [3.05, 3.63) is 59.7 Å². The van der Waals surface area contributed by atoms with E-state index in [-0.39, 0.29) is 5.54 Å². The van der Waals surface area contributed by atoms with Gasteiger partial charge in [-0.05, 0) is 64.1 Å². The molecule has 0 bridgehead atoms. The lowest BCUT2D eigenvalue weighted by molar-refractivity contribution is 0.167. The molecule has 0 unspecified atom stereocenters. The van der Waals surface area contributed by atoms with Crippen LogP contribution >= 0.6 is 0 Å². The van der Waals surface area contributed by atoms with Crippen molar-refractivity contribution in [3.8, 4) is 11.5 Å². The Balaban J connectivity index is 2.11. The minimum absolute atomic E-state index is 0.174. The van der Waals surface area contributed by atoms with Crippen LogP contribution in [0.1, 0.15) is 31.9 Å². The van der Waals surface area contributed by atoms with Crippen LogP contribution in [0.15, 0.2) is 48.5 Å². The Labute approximate surface area is 128 Å². The van der Waals surface area contributed by atoms with Crippen LogP contribution in [-0.4, -0.2) is 17.5 Å². The first kappa shape index (κ1) is 15.6. The van der Waals surface area contributed by atoms with Gasteiger partial charge in [0.05, 0.1) is 0 Å². The first-order chi connectivity index (χ1) is 9.86. The highest BCUT2D eigenvalue weighted by Crippen LogP contribution is 2.26. The zero-order valence-electron chi connectivity index (χ0n) is 13.7. The van der Waals surface area contributed by atoms with Crippen molar-refractivity contribution in [1.29, 1.82) is 0 Å². The van der Waals surface area contributed by atoms with Crippen LogP contribution in [0, 0.1) is 6.92 Å². The summed E-state index contributed by atoms with van der Waals surface area (Å²) >= 11 is 0. The van der Waals surface area contributed by atoms with Crippen LogP contribution in [0.4, 0.5) is 0 Å². The average molecular weight is 283 g/mol. The highest BCUT2D eigenvalue weighted by Gasteiger charge is 2.17. The number of aryl methyl sites for hydroxylation is 1. The lowest BCUT2D eigenvalue weighted by atomic mass is 10.0. The summed E-state index contributed by atoms with van der Waals surface area (Å²) < 4.78 is 5.92. The molecule has 0 radical (unpaired) electrons. The Morgan fingerprint density at radius 3 is 2.24 bits per heavy atom. The maximum atomic E-state index is 5.92. The van der Waals surface area contributed by atoms with Crippen LogP contribution in [-0.2, 0) is 6.54 Å². The van der Waals surface area contributed by atoms with Crippen LogP contribution in [0.2, 0.25) is 0 Å². The Kier molecular flexibility index (Phi) is 4.69. The summed E-state index contributed by atoms with van der Waals surface area (Å²) in [7, 11) is 2.16. The van der Waals surface area contributed by atoms with Crippen molar-refractivity contribution < 1.29 is 4.74 Å². The van der Waals surface area contributed by atoms with Gasteiger partial charge in [-0.2, -0.15) is 0 Å². The van der Waals surface area contributed by atoms with Crippen molar-refractivity contribution in [1.82, 2.24) is 4.90 Å². The molecule has 0 atom stereocenters. The summed E-state index contributed by atoms with van der Waals surface area (Å²) in [5, 5.41) is 0. The number of ether oxygens (including phenoxy) is 1. The van der Waals surface area contributed by atoms with E-state index >= 15 is 0 Å². The quantitative estimate of drug-likeness (QED) is 0.781. The largest absolute Gasteiger partial charge is 0.457 e. The summed E-state index contributed by atoms with van der Waals surface area (Å²) in [5.74, 6) is 1.79. The van der Waals surface area contributed by atoms with Gasteiger partial charge < -0.3 is 4.74 Å². The Bertz CT molecular complexity index is 584. The zero-order valence-corrected chi connectivity index (χ0v) is 13.7. The van der Waals surface area contributed by atoms with Crippen molar-refractivity contribution in [2.24, 2.45) is 0 Å². The van der Waals surface area contributed by atoms with E-state index in [1.54, 1.807) is 0 Å². The highest BCUT2D eigenvalue weighted by atomic mass is 16.5. The predicted molar refractivity (Wildman–Crippen MR) is 88.9 cm³/mol. The SMILES string of the molecule is Cc1cc(CN(C)C(C)(C)C)ccc1Oc1ccccc1. The van der Waals surface area contributed by atoms with Crippen molar-refractivity contribution in [3.63, 3.8) is 0 Å². The molecule has 0 heterocycles. The summed E-state index contributed by atoms with van der Waals surface area (Å²) in [6.07, 6.45) is 0. The van der Waals surface area contributed by atoms with Crippen molar-refractivity contribution >= 4 is 0 Å². The van der Waals surface area contributed by atoms with Crippen LogP contribution in [0.5, 0.6) is 11.5 Å². The van der Waals surface area contributed by atoms with E-state index in [0.29, 0.717) is 0 Å². The second-order valence-corrected chi connectivity index (χ2v) is 6.54. The van der Waals surface area contributed by atoms with Gasteiger partial charge in [0.15, 0.2) is 0 Å². The van der Waals surface area contributed by atoms with Gasteiger partial charge in [-0.3, -0.25) is 4.90 Å². The summed E-state index contributed by atoms with van der Waals surface area (Å²) in [6.45, 7) is 9.72. The van der Waals surface area contributed by atoms with E-state index < -0.39 is 0 Å². The molecule has 2 heteroatoms. The predicted octanol–water partition coefficient (Wildman–Crippen LogP) is 5.02. The molecule has 2 aromatic carbocycles. The maximum Gasteiger partial charge on any atom is 0.130 e. The first-order valence-corrected chi connectivity index (χ1v) is 7.40. The molecule has 0 aliphatic rings. The fourth-order valence-corrected chi connectivity index (χ4v) is 2.05. The molecule has 0 fully saturated rings. The Hall–Kier alpha value is -1.80. The Morgan fingerprint density at radius 2 is 1.67 bits per heavy atom. The number of rotatable bonds is 4. The van der Waals surface area contributed by atoms with Crippen LogP contribution in [0.3, 0.4) is 0 Å². The standard InChI is InChI=1S/C19H25NO/c1-15-13-16(14-20(5)19(2,3)4)11-12-18(15)21-17-9-7-6-8-10-17/h6-13H,14H2,1-5H3. The van der Waals surface area contributed by atoms with E-state index in [4.69, 9.17) is 4.74 Å². The third kappa shape index (κ3) is 4.33. The molecule has 0 aliphatic carbocycles. The monoisotopic (exact) mass is 283 g/mol. The minimum atomic E-state index is 0.174. The molecule has 0 aromatic heterocycles. The van der Waals surface area contributed by atoms with Crippen LogP contribution in [0.25, 0.3) is 0 Å². The summed E-state index contributed by atoms with van der Waals surface area (Å²) in [4.78, 5) is 2.35. The van der Waals surface area contributed by atoms with Gasteiger partial charge in [0.1, 0.15) is 11.5 Å². The number of hydrogen-bond donors (Lipinski definition) is 0. The molecule has 0 spiro atoms. The normalized spacial score (nSPS) is 11.7. The van der Waals surface area contributed by atoms with Crippen molar-refractivity contribution in [2.75, 3.05) is 7.05 Å². The van der Waals surface area contributed by atoms with Gasteiger partial charge in [-0.15, -0.1) is 0 Å². The van der Waals surface area contributed by atoms with Gasteiger partial charge in [0.2, 0.25) is 0 Å². The molecule has 0 saturated heterocycles. The number of benzene rings is 2. The fourth-order valence-electron chi connectivity index (χ4n) is 2.05. The first-order valence-electron chi connectivity index (χ1n) is 7.40. The van der Waals surface area contributed by atoms with Gasteiger partial charge >= 0.3 is 0 Å². The topological polar surface area (TPSA) is 12.5 Å². The smallest absolute Gasteiger partial charge is 0.130 e. The second kappa shape index (κ2) is 6.31. The van der Waals surface area contributed by atoms with E-state index in [1.807, 2.05) is 30.3 Å². The number of nitrogens with zero attached hydrogens (tertiary/aromatic N) is 1. The molecule has 21 heavy (non-hydrogen) atoms. The number of para-hydroxylation sites is 1. The van der Waals surface area contributed by atoms with Gasteiger partial charge in [-0.25, -0.2) is 0 Å². The molecule has 0 N–H and O–H groups in total. The lowest BCUT2D eigenvalue weighted by Gasteiger charge is -2.32. The maximum absolute atomic E-state index is 5.92. The number of hydrogen-bond acceptors (Lipinski definition) is 2. The highest BCUT2D eigenvalue weighted by molar-refractivity contribution is 5.39. The van der Waals surface area contributed by atoms with Gasteiger partial charge in [0.25, 0.3) is 0 Å². The van der Waals surface area contributed by atoms with E-state index in [1.165, 1.54) is 11.1 Å². The van der Waals surface area contributed by atoms with E-state index in [0.717, 1.165) is 18.0 Å². The van der Waals surface area contributed by atoms with E-state index in [9.17, 15) is 0 Å². The Morgan fingerprint density at radius 1 is 1.00 bits per heavy atom. The van der Waals surface area contributed by atoms with E-state index in [2.05, 4.69) is 57.8 Å². The van der Waals surface area contributed by atoms with Crippen LogP contribution < -0.4 is 4.74 Å². The van der Waals surface area contributed by atoms with Crippen molar-refractivity contribution in [2.45, 2.75) is 39.8 Å². The third-order valence-electron chi connectivity index (χ3n) is 3.78.